The fourth-order valence-corrected chi connectivity index (χ4v) is 4.27. The zero-order valence-electron chi connectivity index (χ0n) is 14.8. The number of nitrogens with zero attached hydrogens (tertiary/aromatic N) is 3. The van der Waals surface area contributed by atoms with Gasteiger partial charge < -0.3 is 9.64 Å². The van der Waals surface area contributed by atoms with Gasteiger partial charge in [-0.05, 0) is 35.9 Å². The Kier molecular flexibility index (Phi) is 5.90. The lowest BCUT2D eigenvalue weighted by Crippen LogP contribution is -2.06. The van der Waals surface area contributed by atoms with Gasteiger partial charge in [-0.2, -0.15) is 0 Å². The molecule has 3 rings (SSSR count). The fraction of sp³-hybridized carbons (Fsp3) is 0.211. The van der Waals surface area contributed by atoms with Crippen molar-refractivity contribution < 1.29 is 9.53 Å². The summed E-state index contributed by atoms with van der Waals surface area (Å²) in [5, 5.41) is 0. The van der Waals surface area contributed by atoms with E-state index in [-0.39, 0.29) is 5.97 Å². The van der Waals surface area contributed by atoms with E-state index in [0.29, 0.717) is 5.56 Å². The average molecular weight is 386 g/mol. The first-order valence-electron chi connectivity index (χ1n) is 7.96. The molecule has 0 radical (unpaired) electrons. The Morgan fingerprint density at radius 3 is 2.73 bits per heavy atom. The summed E-state index contributed by atoms with van der Waals surface area (Å²) in [4.78, 5) is 22.5. The molecule has 0 N–H and O–H groups in total. The van der Waals surface area contributed by atoms with E-state index in [1.807, 2.05) is 43.3 Å². The van der Waals surface area contributed by atoms with E-state index in [1.54, 1.807) is 41.6 Å². The Morgan fingerprint density at radius 2 is 2.04 bits per heavy atom. The summed E-state index contributed by atoms with van der Waals surface area (Å²) in [6.07, 6.45) is 1.79. The van der Waals surface area contributed by atoms with E-state index in [9.17, 15) is 4.79 Å². The predicted molar refractivity (Wildman–Crippen MR) is 109 cm³/mol. The average Bonchev–Trinajstić information content (AvgIpc) is 3.06. The number of carbonyl (C=O) groups excluding carboxylic acids is 1. The molecule has 26 heavy (non-hydrogen) atoms. The molecule has 7 heteroatoms. The zero-order chi connectivity index (χ0) is 18.5. The Bertz CT molecular complexity index is 934. The molecule has 1 aromatic heterocycles. The maximum absolute atomic E-state index is 11.5. The molecule has 0 saturated heterocycles. The first-order chi connectivity index (χ1) is 12.5. The molecule has 0 atom stereocenters. The van der Waals surface area contributed by atoms with Crippen molar-refractivity contribution in [2.45, 2.75) is 10.1 Å². The SMILES string of the molecule is COC(=O)c1ccc(CSc2nc3ccc(N=CN(C)C)cc3s2)cc1. The van der Waals surface area contributed by atoms with Gasteiger partial charge in [-0.15, -0.1) is 11.3 Å². The Labute approximate surface area is 160 Å². The van der Waals surface area contributed by atoms with Gasteiger partial charge in [0.25, 0.3) is 0 Å². The minimum Gasteiger partial charge on any atom is -0.465 e. The van der Waals surface area contributed by atoms with Gasteiger partial charge in [0.1, 0.15) is 0 Å². The number of hydrogen-bond acceptors (Lipinski definition) is 6. The van der Waals surface area contributed by atoms with E-state index < -0.39 is 0 Å². The number of rotatable bonds is 6. The van der Waals surface area contributed by atoms with E-state index in [0.717, 1.165) is 31.6 Å². The van der Waals surface area contributed by atoms with Crippen LogP contribution >= 0.6 is 23.1 Å². The quantitative estimate of drug-likeness (QED) is 0.269. The molecule has 0 aliphatic carbocycles. The minimum absolute atomic E-state index is 0.317. The summed E-state index contributed by atoms with van der Waals surface area (Å²) in [6.45, 7) is 0. The highest BCUT2D eigenvalue weighted by Crippen LogP contribution is 2.33. The highest BCUT2D eigenvalue weighted by atomic mass is 32.2. The van der Waals surface area contributed by atoms with Crippen LogP contribution in [0, 0.1) is 0 Å². The predicted octanol–water partition coefficient (Wildman–Crippen LogP) is 4.60. The van der Waals surface area contributed by atoms with Crippen molar-refractivity contribution in [3.05, 3.63) is 53.6 Å². The zero-order valence-corrected chi connectivity index (χ0v) is 16.4. The standard InChI is InChI=1S/C19H19N3O2S2/c1-22(2)12-20-15-8-9-16-17(10-15)26-19(21-16)25-11-13-4-6-14(7-5-13)18(23)24-3/h4-10,12H,11H2,1-3H3. The van der Waals surface area contributed by atoms with Crippen LogP contribution < -0.4 is 0 Å². The number of carbonyl (C=O) groups is 1. The van der Waals surface area contributed by atoms with Crippen LogP contribution in [-0.2, 0) is 10.5 Å². The lowest BCUT2D eigenvalue weighted by molar-refractivity contribution is 0.0600. The number of fused-ring (bicyclic) bond motifs is 1. The Morgan fingerprint density at radius 1 is 1.27 bits per heavy atom. The second-order valence-corrected chi connectivity index (χ2v) is 8.07. The molecule has 0 bridgehead atoms. The summed E-state index contributed by atoms with van der Waals surface area (Å²) in [5.74, 6) is 0.482. The number of hydrogen-bond donors (Lipinski definition) is 0. The molecule has 0 fully saturated rings. The number of thioether (sulfide) groups is 1. The Hall–Kier alpha value is -2.38. The monoisotopic (exact) mass is 385 g/mol. The summed E-state index contributed by atoms with van der Waals surface area (Å²) in [6, 6.07) is 13.5. The molecule has 2 aromatic carbocycles. The molecule has 0 spiro atoms. The maximum atomic E-state index is 11.5. The third kappa shape index (κ3) is 4.62. The van der Waals surface area contributed by atoms with Gasteiger partial charge in [0.15, 0.2) is 4.34 Å². The van der Waals surface area contributed by atoms with Crippen LogP contribution in [0.2, 0.25) is 0 Å². The molecule has 134 valence electrons. The first kappa shape index (κ1) is 18.4. The molecule has 0 aliphatic rings. The molecule has 0 aliphatic heterocycles. The largest absolute Gasteiger partial charge is 0.465 e. The van der Waals surface area contributed by atoms with Crippen LogP contribution in [0.1, 0.15) is 15.9 Å². The first-order valence-corrected chi connectivity index (χ1v) is 9.76. The second kappa shape index (κ2) is 8.33. The van der Waals surface area contributed by atoms with E-state index in [2.05, 4.69) is 16.0 Å². The number of ether oxygens (including phenoxy) is 1. The highest BCUT2D eigenvalue weighted by molar-refractivity contribution is 8.00. The summed E-state index contributed by atoms with van der Waals surface area (Å²) in [7, 11) is 5.28. The van der Waals surface area contributed by atoms with E-state index >= 15 is 0 Å². The van der Waals surface area contributed by atoms with Crippen molar-refractivity contribution >= 4 is 51.3 Å². The highest BCUT2D eigenvalue weighted by Gasteiger charge is 2.07. The van der Waals surface area contributed by atoms with Crippen LogP contribution in [0.3, 0.4) is 0 Å². The topological polar surface area (TPSA) is 54.8 Å². The van der Waals surface area contributed by atoms with E-state index in [4.69, 9.17) is 4.74 Å². The minimum atomic E-state index is -0.317. The van der Waals surface area contributed by atoms with Gasteiger partial charge in [0, 0.05) is 19.8 Å². The summed E-state index contributed by atoms with van der Waals surface area (Å²) < 4.78 is 6.86. The van der Waals surface area contributed by atoms with Crippen LogP contribution in [0.15, 0.2) is 51.8 Å². The molecule has 3 aromatic rings. The molecule has 0 saturated carbocycles. The molecule has 1 heterocycles. The van der Waals surface area contributed by atoms with Gasteiger partial charge in [0.2, 0.25) is 0 Å². The number of aliphatic imine (C=N–C) groups is 1. The maximum Gasteiger partial charge on any atom is 0.337 e. The van der Waals surface area contributed by atoms with Crippen LogP contribution in [-0.4, -0.2) is 43.4 Å². The molecular formula is C19H19N3O2S2. The number of methoxy groups -OCH3 is 1. The Balaban J connectivity index is 1.68. The number of benzene rings is 2. The van der Waals surface area contributed by atoms with Gasteiger partial charge in [0.05, 0.1) is 34.9 Å². The van der Waals surface area contributed by atoms with Gasteiger partial charge in [-0.3, -0.25) is 0 Å². The molecule has 0 unspecified atom stereocenters. The van der Waals surface area contributed by atoms with Crippen molar-refractivity contribution in [2.75, 3.05) is 21.2 Å². The van der Waals surface area contributed by atoms with Crippen LogP contribution in [0.4, 0.5) is 5.69 Å². The summed E-state index contributed by atoms with van der Waals surface area (Å²) in [5.41, 5.74) is 3.61. The normalized spacial score (nSPS) is 11.2. The second-order valence-electron chi connectivity index (χ2n) is 5.82. The fourth-order valence-electron chi connectivity index (χ4n) is 2.22. The third-order valence-electron chi connectivity index (χ3n) is 3.53. The van der Waals surface area contributed by atoms with Crippen molar-refractivity contribution in [3.8, 4) is 0 Å². The lowest BCUT2D eigenvalue weighted by Gasteiger charge is -2.01. The van der Waals surface area contributed by atoms with Crippen LogP contribution in [0.25, 0.3) is 10.2 Å². The van der Waals surface area contributed by atoms with Crippen molar-refractivity contribution in [2.24, 2.45) is 4.99 Å². The van der Waals surface area contributed by atoms with Gasteiger partial charge in [-0.1, -0.05) is 23.9 Å². The van der Waals surface area contributed by atoms with Gasteiger partial charge in [-0.25, -0.2) is 14.8 Å². The van der Waals surface area contributed by atoms with Crippen LogP contribution in [0.5, 0.6) is 0 Å². The third-order valence-corrected chi connectivity index (χ3v) is 5.76. The molecular weight excluding hydrogens is 366 g/mol. The van der Waals surface area contributed by atoms with Crippen molar-refractivity contribution in [3.63, 3.8) is 0 Å². The van der Waals surface area contributed by atoms with Crippen molar-refractivity contribution in [1.82, 2.24) is 9.88 Å². The van der Waals surface area contributed by atoms with Crippen molar-refractivity contribution in [1.29, 1.82) is 0 Å². The lowest BCUT2D eigenvalue weighted by atomic mass is 10.1. The number of thiazole rings is 1. The van der Waals surface area contributed by atoms with E-state index in [1.165, 1.54) is 7.11 Å². The number of esters is 1. The smallest absolute Gasteiger partial charge is 0.337 e. The molecule has 0 amide bonds. The number of aromatic nitrogens is 1. The molecule has 5 nitrogen and oxygen atoms in total. The van der Waals surface area contributed by atoms with Gasteiger partial charge >= 0.3 is 5.97 Å². The summed E-state index contributed by atoms with van der Waals surface area (Å²) >= 11 is 3.35.